The minimum atomic E-state index is 0.136. The number of rotatable bonds is 6. The molecule has 1 unspecified atom stereocenters. The normalized spacial score (nSPS) is 16.7. The molecule has 0 amide bonds. The van der Waals surface area contributed by atoms with Crippen molar-refractivity contribution in [1.29, 1.82) is 0 Å². The van der Waals surface area contributed by atoms with E-state index in [1.165, 1.54) is 11.1 Å². The lowest BCUT2D eigenvalue weighted by atomic mass is 10.1. The third kappa shape index (κ3) is 3.02. The fourth-order valence-corrected chi connectivity index (χ4v) is 4.15. The summed E-state index contributed by atoms with van der Waals surface area (Å²) in [6, 6.07) is 13.0. The van der Waals surface area contributed by atoms with Gasteiger partial charge in [0.05, 0.1) is 24.2 Å². The Morgan fingerprint density at radius 1 is 1.25 bits per heavy atom. The van der Waals surface area contributed by atoms with Crippen molar-refractivity contribution in [2.24, 2.45) is 0 Å². The van der Waals surface area contributed by atoms with Gasteiger partial charge in [-0.1, -0.05) is 30.3 Å². The molecule has 0 saturated carbocycles. The number of benzene rings is 1. The van der Waals surface area contributed by atoms with Crippen LogP contribution >= 0.6 is 11.3 Å². The van der Waals surface area contributed by atoms with Crippen LogP contribution in [-0.4, -0.2) is 28.1 Å². The SMILES string of the molecule is OCCN(Cc1ncc(-c2cccs2)o1)C1CCc2ccccc21. The lowest BCUT2D eigenvalue weighted by Crippen LogP contribution is -2.30. The van der Waals surface area contributed by atoms with Crippen LogP contribution in [-0.2, 0) is 13.0 Å². The summed E-state index contributed by atoms with van der Waals surface area (Å²) in [5, 5.41) is 11.5. The lowest BCUT2D eigenvalue weighted by molar-refractivity contribution is 0.132. The van der Waals surface area contributed by atoms with Crippen molar-refractivity contribution in [3.63, 3.8) is 0 Å². The number of aliphatic hydroxyl groups is 1. The van der Waals surface area contributed by atoms with Gasteiger partial charge < -0.3 is 9.52 Å². The van der Waals surface area contributed by atoms with E-state index in [9.17, 15) is 5.11 Å². The number of aliphatic hydroxyl groups excluding tert-OH is 1. The van der Waals surface area contributed by atoms with Gasteiger partial charge in [0.25, 0.3) is 0 Å². The second-order valence-electron chi connectivity index (χ2n) is 6.04. The van der Waals surface area contributed by atoms with E-state index in [1.54, 1.807) is 17.5 Å². The van der Waals surface area contributed by atoms with Crippen molar-refractivity contribution in [1.82, 2.24) is 9.88 Å². The van der Waals surface area contributed by atoms with Gasteiger partial charge in [-0.3, -0.25) is 4.90 Å². The highest BCUT2D eigenvalue weighted by Gasteiger charge is 2.28. The summed E-state index contributed by atoms with van der Waals surface area (Å²) in [5.41, 5.74) is 2.79. The molecule has 0 aliphatic heterocycles. The van der Waals surface area contributed by atoms with Crippen LogP contribution in [0.1, 0.15) is 29.5 Å². The van der Waals surface area contributed by atoms with Crippen LogP contribution in [0.3, 0.4) is 0 Å². The molecular formula is C19H20N2O2S. The highest BCUT2D eigenvalue weighted by Crippen LogP contribution is 2.36. The minimum absolute atomic E-state index is 0.136. The predicted octanol–water partition coefficient (Wildman–Crippen LogP) is 3.88. The van der Waals surface area contributed by atoms with Crippen molar-refractivity contribution >= 4 is 11.3 Å². The van der Waals surface area contributed by atoms with Crippen molar-refractivity contribution < 1.29 is 9.52 Å². The highest BCUT2D eigenvalue weighted by molar-refractivity contribution is 7.13. The van der Waals surface area contributed by atoms with E-state index in [0.717, 1.165) is 23.5 Å². The molecule has 5 heteroatoms. The number of hydrogen-bond donors (Lipinski definition) is 1. The number of aromatic nitrogens is 1. The summed E-state index contributed by atoms with van der Waals surface area (Å²) in [7, 11) is 0. The average molecular weight is 340 g/mol. The zero-order chi connectivity index (χ0) is 16.4. The first kappa shape index (κ1) is 15.6. The molecule has 1 aromatic carbocycles. The number of hydrogen-bond acceptors (Lipinski definition) is 5. The minimum Gasteiger partial charge on any atom is -0.438 e. The second kappa shape index (κ2) is 6.89. The molecule has 2 heterocycles. The maximum atomic E-state index is 9.49. The molecule has 0 radical (unpaired) electrons. The van der Waals surface area contributed by atoms with E-state index in [2.05, 4.69) is 34.1 Å². The zero-order valence-corrected chi connectivity index (χ0v) is 14.2. The van der Waals surface area contributed by atoms with Crippen LogP contribution in [0.15, 0.2) is 52.4 Å². The molecule has 2 aromatic heterocycles. The maximum Gasteiger partial charge on any atom is 0.209 e. The summed E-state index contributed by atoms with van der Waals surface area (Å²) < 4.78 is 5.93. The second-order valence-corrected chi connectivity index (χ2v) is 6.99. The van der Waals surface area contributed by atoms with Gasteiger partial charge in [-0.15, -0.1) is 11.3 Å². The molecule has 1 aliphatic carbocycles. The van der Waals surface area contributed by atoms with Crippen LogP contribution in [0.4, 0.5) is 0 Å². The maximum absolute atomic E-state index is 9.49. The number of oxazole rings is 1. The van der Waals surface area contributed by atoms with E-state index in [4.69, 9.17) is 4.42 Å². The first-order chi connectivity index (χ1) is 11.8. The Balaban J connectivity index is 1.54. The summed E-state index contributed by atoms with van der Waals surface area (Å²) in [4.78, 5) is 7.80. The standard InChI is InChI=1S/C19H20N2O2S/c22-10-9-21(16-8-7-14-4-1-2-5-15(14)16)13-19-20-12-17(23-19)18-6-3-11-24-18/h1-6,11-12,16,22H,7-10,13H2. The number of nitrogens with zero attached hydrogens (tertiary/aromatic N) is 2. The smallest absolute Gasteiger partial charge is 0.209 e. The third-order valence-electron chi connectivity index (χ3n) is 4.59. The van der Waals surface area contributed by atoms with E-state index < -0.39 is 0 Å². The first-order valence-electron chi connectivity index (χ1n) is 8.26. The average Bonchev–Trinajstić information content (AvgIpc) is 3.34. The largest absolute Gasteiger partial charge is 0.438 e. The van der Waals surface area contributed by atoms with Crippen molar-refractivity contribution in [2.45, 2.75) is 25.4 Å². The molecule has 0 fully saturated rings. The van der Waals surface area contributed by atoms with Gasteiger partial charge in [-0.05, 0) is 35.4 Å². The summed E-state index contributed by atoms with van der Waals surface area (Å²) in [6.07, 6.45) is 3.97. The van der Waals surface area contributed by atoms with Crippen LogP contribution in [0.2, 0.25) is 0 Å². The van der Waals surface area contributed by atoms with Crippen molar-refractivity contribution in [3.8, 4) is 10.6 Å². The van der Waals surface area contributed by atoms with E-state index in [-0.39, 0.29) is 6.61 Å². The Kier molecular flexibility index (Phi) is 4.47. The first-order valence-corrected chi connectivity index (χ1v) is 9.14. The molecule has 0 spiro atoms. The van der Waals surface area contributed by atoms with Gasteiger partial charge in [0.15, 0.2) is 5.76 Å². The predicted molar refractivity (Wildman–Crippen MR) is 94.8 cm³/mol. The fourth-order valence-electron chi connectivity index (χ4n) is 3.48. The Morgan fingerprint density at radius 3 is 3.00 bits per heavy atom. The Morgan fingerprint density at radius 2 is 2.17 bits per heavy atom. The summed E-state index contributed by atoms with van der Waals surface area (Å²) >= 11 is 1.65. The third-order valence-corrected chi connectivity index (χ3v) is 5.47. The van der Waals surface area contributed by atoms with Gasteiger partial charge >= 0.3 is 0 Å². The quantitative estimate of drug-likeness (QED) is 0.740. The zero-order valence-electron chi connectivity index (χ0n) is 13.4. The molecule has 1 aliphatic rings. The monoisotopic (exact) mass is 340 g/mol. The molecule has 24 heavy (non-hydrogen) atoms. The molecule has 1 atom stereocenters. The van der Waals surface area contributed by atoms with Gasteiger partial charge in [0.1, 0.15) is 0 Å². The van der Waals surface area contributed by atoms with Gasteiger partial charge in [-0.25, -0.2) is 4.98 Å². The Hall–Kier alpha value is -1.95. The number of fused-ring (bicyclic) bond motifs is 1. The molecule has 1 N–H and O–H groups in total. The van der Waals surface area contributed by atoms with Crippen molar-refractivity contribution in [3.05, 3.63) is 65.0 Å². The Bertz CT molecular complexity index is 797. The molecule has 3 aromatic rings. The van der Waals surface area contributed by atoms with Crippen LogP contribution in [0.5, 0.6) is 0 Å². The molecular weight excluding hydrogens is 320 g/mol. The highest BCUT2D eigenvalue weighted by atomic mass is 32.1. The van der Waals surface area contributed by atoms with E-state index in [0.29, 0.717) is 25.0 Å². The molecule has 4 rings (SSSR count). The molecule has 0 saturated heterocycles. The van der Waals surface area contributed by atoms with Crippen LogP contribution < -0.4 is 0 Å². The fraction of sp³-hybridized carbons (Fsp3) is 0.316. The van der Waals surface area contributed by atoms with Crippen LogP contribution in [0, 0.1) is 0 Å². The Labute approximate surface area is 145 Å². The number of thiophene rings is 1. The topological polar surface area (TPSA) is 49.5 Å². The van der Waals surface area contributed by atoms with Gasteiger partial charge in [0.2, 0.25) is 5.89 Å². The number of aryl methyl sites for hydroxylation is 1. The van der Waals surface area contributed by atoms with Crippen LogP contribution in [0.25, 0.3) is 10.6 Å². The van der Waals surface area contributed by atoms with Crippen molar-refractivity contribution in [2.75, 3.05) is 13.2 Å². The van der Waals surface area contributed by atoms with Gasteiger partial charge in [-0.2, -0.15) is 0 Å². The molecule has 4 nitrogen and oxygen atoms in total. The van der Waals surface area contributed by atoms with Gasteiger partial charge in [0, 0.05) is 12.6 Å². The summed E-state index contributed by atoms with van der Waals surface area (Å²) in [5.74, 6) is 1.52. The molecule has 0 bridgehead atoms. The summed E-state index contributed by atoms with van der Waals surface area (Å²) in [6.45, 7) is 1.37. The lowest BCUT2D eigenvalue weighted by Gasteiger charge is -2.27. The van der Waals surface area contributed by atoms with E-state index in [1.807, 2.05) is 17.5 Å². The van der Waals surface area contributed by atoms with E-state index >= 15 is 0 Å². The molecule has 124 valence electrons.